The van der Waals surface area contributed by atoms with Crippen molar-refractivity contribution >= 4 is 0 Å². The summed E-state index contributed by atoms with van der Waals surface area (Å²) in [4.78, 5) is 0. The average molecular weight is 156 g/mol. The van der Waals surface area contributed by atoms with Crippen LogP contribution in [-0.2, 0) is 4.74 Å². The normalized spacial score (nSPS) is 30.3. The summed E-state index contributed by atoms with van der Waals surface area (Å²) in [6.45, 7) is 7.89. The van der Waals surface area contributed by atoms with Crippen molar-refractivity contribution in [3.63, 3.8) is 0 Å². The minimum Gasteiger partial charge on any atom is -0.378 e. The molecule has 0 radical (unpaired) electrons. The van der Waals surface area contributed by atoms with Gasteiger partial charge in [0.15, 0.2) is 0 Å². The third kappa shape index (κ3) is 2.82. The minimum absolute atomic E-state index is 0.526. The molecule has 11 heavy (non-hydrogen) atoms. The molecule has 1 aliphatic heterocycles. The zero-order chi connectivity index (χ0) is 8.32. The monoisotopic (exact) mass is 156 g/mol. The molecule has 0 aromatic carbocycles. The lowest BCUT2D eigenvalue weighted by molar-refractivity contribution is -0.0394. The third-order valence-corrected chi connectivity index (χ3v) is 2.52. The van der Waals surface area contributed by atoms with Crippen LogP contribution < -0.4 is 0 Å². The Morgan fingerprint density at radius 2 is 2.18 bits per heavy atom. The van der Waals surface area contributed by atoms with E-state index in [2.05, 4.69) is 20.8 Å². The van der Waals surface area contributed by atoms with Gasteiger partial charge in [0, 0.05) is 6.61 Å². The van der Waals surface area contributed by atoms with Gasteiger partial charge in [0.1, 0.15) is 0 Å². The predicted molar refractivity (Wildman–Crippen MR) is 47.7 cm³/mol. The zero-order valence-corrected chi connectivity index (χ0v) is 8.02. The maximum absolute atomic E-state index is 5.65. The highest BCUT2D eigenvalue weighted by molar-refractivity contribution is 4.77. The van der Waals surface area contributed by atoms with Crippen molar-refractivity contribution in [2.24, 2.45) is 5.41 Å². The van der Waals surface area contributed by atoms with Gasteiger partial charge in [0.25, 0.3) is 0 Å². The average Bonchev–Trinajstić information content (AvgIpc) is 1.85. The van der Waals surface area contributed by atoms with E-state index in [0.717, 1.165) is 6.61 Å². The Bertz CT molecular complexity index is 116. The SMILES string of the molecule is CCCC1CC(C)(C)CCO1. The highest BCUT2D eigenvalue weighted by Crippen LogP contribution is 2.33. The van der Waals surface area contributed by atoms with E-state index in [4.69, 9.17) is 4.74 Å². The van der Waals surface area contributed by atoms with Crippen molar-refractivity contribution in [1.82, 2.24) is 0 Å². The summed E-state index contributed by atoms with van der Waals surface area (Å²) in [5.41, 5.74) is 0.526. The molecule has 0 aromatic rings. The van der Waals surface area contributed by atoms with Gasteiger partial charge in [0.2, 0.25) is 0 Å². The summed E-state index contributed by atoms with van der Waals surface area (Å²) in [5.74, 6) is 0. The Morgan fingerprint density at radius 3 is 2.73 bits per heavy atom. The number of rotatable bonds is 2. The largest absolute Gasteiger partial charge is 0.378 e. The first-order valence-corrected chi connectivity index (χ1v) is 4.76. The Balaban J connectivity index is 2.34. The van der Waals surface area contributed by atoms with Crippen LogP contribution in [-0.4, -0.2) is 12.7 Å². The number of ether oxygens (including phenoxy) is 1. The Morgan fingerprint density at radius 1 is 1.45 bits per heavy atom. The lowest BCUT2D eigenvalue weighted by Crippen LogP contribution is -2.30. The van der Waals surface area contributed by atoms with Crippen LogP contribution in [0.4, 0.5) is 0 Å². The molecule has 1 atom stereocenters. The van der Waals surface area contributed by atoms with Gasteiger partial charge in [-0.15, -0.1) is 0 Å². The molecule has 0 N–H and O–H groups in total. The van der Waals surface area contributed by atoms with Gasteiger partial charge in [-0.25, -0.2) is 0 Å². The first-order chi connectivity index (χ1) is 5.14. The smallest absolute Gasteiger partial charge is 0.0580 e. The van der Waals surface area contributed by atoms with E-state index in [1.54, 1.807) is 0 Å². The second kappa shape index (κ2) is 3.57. The molecule has 1 nitrogen and oxygen atoms in total. The molecule has 0 aromatic heterocycles. The van der Waals surface area contributed by atoms with Crippen LogP contribution in [0, 0.1) is 5.41 Å². The summed E-state index contributed by atoms with van der Waals surface area (Å²) in [5, 5.41) is 0. The first-order valence-electron chi connectivity index (χ1n) is 4.76. The van der Waals surface area contributed by atoms with Gasteiger partial charge in [-0.1, -0.05) is 27.2 Å². The van der Waals surface area contributed by atoms with Crippen molar-refractivity contribution < 1.29 is 4.74 Å². The summed E-state index contributed by atoms with van der Waals surface area (Å²) in [6.07, 6.45) is 5.52. The van der Waals surface area contributed by atoms with Crippen molar-refractivity contribution in [2.45, 2.75) is 52.6 Å². The fourth-order valence-electron chi connectivity index (χ4n) is 1.79. The Labute approximate surface area is 70.1 Å². The molecule has 1 fully saturated rings. The first kappa shape index (κ1) is 9.05. The topological polar surface area (TPSA) is 9.23 Å². The fraction of sp³-hybridized carbons (Fsp3) is 1.00. The van der Waals surface area contributed by atoms with Crippen molar-refractivity contribution in [1.29, 1.82) is 0 Å². The van der Waals surface area contributed by atoms with Crippen LogP contribution in [0.25, 0.3) is 0 Å². The molecule has 1 rings (SSSR count). The number of hydrogen-bond acceptors (Lipinski definition) is 1. The second-order valence-electron chi connectivity index (χ2n) is 4.40. The van der Waals surface area contributed by atoms with Crippen molar-refractivity contribution in [2.75, 3.05) is 6.61 Å². The summed E-state index contributed by atoms with van der Waals surface area (Å²) >= 11 is 0. The molecule has 1 heterocycles. The van der Waals surface area contributed by atoms with Crippen molar-refractivity contribution in [3.05, 3.63) is 0 Å². The molecule has 1 saturated heterocycles. The molecule has 0 aliphatic carbocycles. The zero-order valence-electron chi connectivity index (χ0n) is 8.02. The quantitative estimate of drug-likeness (QED) is 0.597. The van der Waals surface area contributed by atoms with Gasteiger partial charge in [-0.3, -0.25) is 0 Å². The molecule has 1 aliphatic rings. The van der Waals surface area contributed by atoms with Crippen LogP contribution >= 0.6 is 0 Å². The molecular formula is C10H20O. The van der Waals surface area contributed by atoms with Crippen LogP contribution in [0.1, 0.15) is 46.5 Å². The van der Waals surface area contributed by atoms with Crippen molar-refractivity contribution in [3.8, 4) is 0 Å². The van der Waals surface area contributed by atoms with E-state index in [1.807, 2.05) is 0 Å². The Kier molecular flexibility index (Phi) is 2.94. The predicted octanol–water partition coefficient (Wildman–Crippen LogP) is 2.99. The second-order valence-corrected chi connectivity index (χ2v) is 4.40. The molecule has 0 amide bonds. The fourth-order valence-corrected chi connectivity index (χ4v) is 1.79. The highest BCUT2D eigenvalue weighted by atomic mass is 16.5. The van der Waals surface area contributed by atoms with Crippen LogP contribution in [0.3, 0.4) is 0 Å². The highest BCUT2D eigenvalue weighted by Gasteiger charge is 2.27. The lowest BCUT2D eigenvalue weighted by atomic mass is 9.81. The lowest BCUT2D eigenvalue weighted by Gasteiger charge is -2.35. The van der Waals surface area contributed by atoms with Gasteiger partial charge >= 0.3 is 0 Å². The third-order valence-electron chi connectivity index (χ3n) is 2.52. The Hall–Kier alpha value is -0.0400. The summed E-state index contributed by atoms with van der Waals surface area (Å²) in [6, 6.07) is 0. The molecule has 0 saturated carbocycles. The van der Waals surface area contributed by atoms with Gasteiger partial charge in [-0.2, -0.15) is 0 Å². The molecule has 1 unspecified atom stereocenters. The maximum Gasteiger partial charge on any atom is 0.0580 e. The van der Waals surface area contributed by atoms with E-state index >= 15 is 0 Å². The molecule has 66 valence electrons. The van der Waals surface area contributed by atoms with E-state index in [-0.39, 0.29) is 0 Å². The number of hydrogen-bond donors (Lipinski definition) is 0. The van der Waals surface area contributed by atoms with E-state index in [0.29, 0.717) is 11.5 Å². The van der Waals surface area contributed by atoms with Crippen LogP contribution in [0.5, 0.6) is 0 Å². The van der Waals surface area contributed by atoms with Gasteiger partial charge in [-0.05, 0) is 24.7 Å². The van der Waals surface area contributed by atoms with Crippen LogP contribution in [0.2, 0.25) is 0 Å². The summed E-state index contributed by atoms with van der Waals surface area (Å²) in [7, 11) is 0. The van der Waals surface area contributed by atoms with Gasteiger partial charge in [0.05, 0.1) is 6.10 Å². The van der Waals surface area contributed by atoms with E-state index < -0.39 is 0 Å². The van der Waals surface area contributed by atoms with E-state index in [1.165, 1.54) is 25.7 Å². The maximum atomic E-state index is 5.65. The molecule has 0 bridgehead atoms. The standard InChI is InChI=1S/C10H20O/c1-4-5-9-8-10(2,3)6-7-11-9/h9H,4-8H2,1-3H3. The minimum atomic E-state index is 0.526. The van der Waals surface area contributed by atoms with E-state index in [9.17, 15) is 0 Å². The molecule has 1 heteroatoms. The van der Waals surface area contributed by atoms with Crippen LogP contribution in [0.15, 0.2) is 0 Å². The molecular weight excluding hydrogens is 136 g/mol. The van der Waals surface area contributed by atoms with Gasteiger partial charge < -0.3 is 4.74 Å². The summed E-state index contributed by atoms with van der Waals surface area (Å²) < 4.78 is 5.65. The molecule has 0 spiro atoms.